The van der Waals surface area contributed by atoms with Gasteiger partial charge in [-0.1, -0.05) is 29.8 Å². The van der Waals surface area contributed by atoms with Crippen molar-refractivity contribution in [1.29, 1.82) is 0 Å². The summed E-state index contributed by atoms with van der Waals surface area (Å²) in [5.74, 6) is 1.58. The molecule has 0 heterocycles. The first-order chi connectivity index (χ1) is 11.5. The molecule has 0 saturated heterocycles. The van der Waals surface area contributed by atoms with Gasteiger partial charge >= 0.3 is 0 Å². The van der Waals surface area contributed by atoms with E-state index in [-0.39, 0.29) is 5.17 Å². The molecule has 1 N–H and O–H groups in total. The van der Waals surface area contributed by atoms with Crippen molar-refractivity contribution >= 4 is 23.1 Å². The van der Waals surface area contributed by atoms with Gasteiger partial charge in [0, 0.05) is 5.56 Å². The van der Waals surface area contributed by atoms with Gasteiger partial charge in [-0.25, -0.2) is 0 Å². The zero-order chi connectivity index (χ0) is 17.5. The summed E-state index contributed by atoms with van der Waals surface area (Å²) in [5.41, 5.74) is 4.04. The average molecular weight is 345 g/mol. The number of anilines is 1. The van der Waals surface area contributed by atoms with E-state index < -0.39 is 0 Å². The van der Waals surface area contributed by atoms with Crippen molar-refractivity contribution < 1.29 is 14.2 Å². The van der Waals surface area contributed by atoms with Crippen molar-refractivity contribution in [2.24, 2.45) is 0 Å². The van der Waals surface area contributed by atoms with E-state index in [9.17, 15) is 0 Å². The Bertz CT molecular complexity index is 716. The number of rotatable bonds is 6. The summed E-state index contributed by atoms with van der Waals surface area (Å²) >= 11 is 5.12. The van der Waals surface area contributed by atoms with E-state index in [0.717, 1.165) is 28.3 Å². The molecule has 0 aromatic heterocycles. The highest BCUT2D eigenvalue weighted by Gasteiger charge is 2.12. The summed E-state index contributed by atoms with van der Waals surface area (Å²) in [7, 11) is 1.53. The molecule has 0 unspecified atom stereocenters. The molecule has 0 bridgehead atoms. The second-order valence-electron chi connectivity index (χ2n) is 5.40. The highest BCUT2D eigenvalue weighted by Crippen LogP contribution is 2.30. The fraction of sp³-hybridized carbons (Fsp3) is 0.316. The van der Waals surface area contributed by atoms with E-state index in [4.69, 9.17) is 26.4 Å². The van der Waals surface area contributed by atoms with Crippen LogP contribution >= 0.6 is 12.2 Å². The van der Waals surface area contributed by atoms with Gasteiger partial charge in [-0.2, -0.15) is 0 Å². The summed E-state index contributed by atoms with van der Waals surface area (Å²) in [6.45, 7) is 7.01. The molecule has 2 aromatic rings. The van der Waals surface area contributed by atoms with Crippen LogP contribution in [0.3, 0.4) is 0 Å². The van der Waals surface area contributed by atoms with Crippen LogP contribution in [0.1, 0.15) is 23.6 Å². The molecule has 0 amide bonds. The number of methoxy groups -OCH3 is 1. The van der Waals surface area contributed by atoms with Gasteiger partial charge in [0.05, 0.1) is 19.4 Å². The van der Waals surface area contributed by atoms with E-state index in [1.54, 1.807) is 0 Å². The predicted molar refractivity (Wildman–Crippen MR) is 101 cm³/mol. The van der Waals surface area contributed by atoms with Gasteiger partial charge in [-0.05, 0) is 50.7 Å². The molecule has 0 aliphatic heterocycles. The van der Waals surface area contributed by atoms with Crippen LogP contribution in [0.4, 0.5) is 5.69 Å². The predicted octanol–water partition coefficient (Wildman–Crippen LogP) is 4.62. The highest BCUT2D eigenvalue weighted by atomic mass is 32.1. The summed E-state index contributed by atoms with van der Waals surface area (Å²) in [6.07, 6.45) is 0. The molecule has 0 fully saturated rings. The van der Waals surface area contributed by atoms with Gasteiger partial charge in [0.2, 0.25) is 0 Å². The van der Waals surface area contributed by atoms with Gasteiger partial charge in [-0.15, -0.1) is 0 Å². The lowest BCUT2D eigenvalue weighted by Gasteiger charge is -2.17. The molecule has 0 aliphatic carbocycles. The maximum Gasteiger partial charge on any atom is 0.261 e. The topological polar surface area (TPSA) is 39.7 Å². The van der Waals surface area contributed by atoms with Gasteiger partial charge < -0.3 is 19.5 Å². The number of hydrogen-bond acceptors (Lipinski definition) is 4. The Morgan fingerprint density at radius 1 is 1.08 bits per heavy atom. The Balaban J connectivity index is 2.24. The van der Waals surface area contributed by atoms with Gasteiger partial charge in [0.1, 0.15) is 18.1 Å². The lowest BCUT2D eigenvalue weighted by molar-refractivity contribution is 0.302. The fourth-order valence-corrected chi connectivity index (χ4v) is 2.49. The average Bonchev–Trinajstić information content (AvgIpc) is 2.56. The third-order valence-corrected chi connectivity index (χ3v) is 3.81. The molecule has 0 spiro atoms. The molecule has 0 saturated carbocycles. The monoisotopic (exact) mass is 345 g/mol. The minimum absolute atomic E-state index is 0.287. The van der Waals surface area contributed by atoms with Crippen molar-refractivity contribution in [2.45, 2.75) is 27.4 Å². The molecule has 128 valence electrons. The van der Waals surface area contributed by atoms with Crippen molar-refractivity contribution in [3.05, 3.63) is 53.1 Å². The Morgan fingerprint density at radius 3 is 2.54 bits per heavy atom. The molecule has 0 aliphatic rings. The molecule has 0 radical (unpaired) electrons. The van der Waals surface area contributed by atoms with E-state index in [2.05, 4.69) is 18.3 Å². The first-order valence-electron chi connectivity index (χ1n) is 7.84. The van der Waals surface area contributed by atoms with E-state index in [1.165, 1.54) is 12.7 Å². The van der Waals surface area contributed by atoms with Crippen LogP contribution in [-0.4, -0.2) is 18.9 Å². The van der Waals surface area contributed by atoms with E-state index >= 15 is 0 Å². The fourth-order valence-electron chi connectivity index (χ4n) is 2.38. The van der Waals surface area contributed by atoms with Crippen LogP contribution in [0.25, 0.3) is 0 Å². The van der Waals surface area contributed by atoms with Crippen molar-refractivity contribution in [3.8, 4) is 11.5 Å². The molecule has 24 heavy (non-hydrogen) atoms. The van der Waals surface area contributed by atoms with Gasteiger partial charge in [0.25, 0.3) is 5.17 Å². The molecule has 2 rings (SSSR count). The highest BCUT2D eigenvalue weighted by molar-refractivity contribution is 7.80. The van der Waals surface area contributed by atoms with Crippen molar-refractivity contribution in [3.63, 3.8) is 0 Å². The van der Waals surface area contributed by atoms with Crippen LogP contribution in [-0.2, 0) is 11.3 Å². The third-order valence-electron chi connectivity index (χ3n) is 3.54. The molecular formula is C19H23NO3S. The zero-order valence-electron chi connectivity index (χ0n) is 14.5. The number of ether oxygens (including phenoxy) is 3. The molecular weight excluding hydrogens is 322 g/mol. The van der Waals surface area contributed by atoms with Crippen LogP contribution in [0.5, 0.6) is 11.5 Å². The number of para-hydroxylation sites is 1. The van der Waals surface area contributed by atoms with Crippen LogP contribution in [0.15, 0.2) is 36.4 Å². The van der Waals surface area contributed by atoms with E-state index in [1.807, 2.05) is 44.2 Å². The van der Waals surface area contributed by atoms with Crippen LogP contribution < -0.4 is 14.8 Å². The Hall–Kier alpha value is -2.27. The normalized spacial score (nSPS) is 10.2. The minimum Gasteiger partial charge on any atom is -0.492 e. The molecule has 0 atom stereocenters. The Morgan fingerprint density at radius 2 is 1.88 bits per heavy atom. The maximum absolute atomic E-state index is 5.99. The zero-order valence-corrected chi connectivity index (χ0v) is 15.3. The Labute approximate surface area is 148 Å². The standard InChI is InChI=1S/C19H23NO3S/c1-5-22-17-8-6-7-15(18(17)20-19(24)21-4)12-23-16-10-9-13(2)11-14(16)3/h6-11H,5,12H2,1-4H3,(H,20,24). The number of benzene rings is 2. The number of nitrogens with one attached hydrogen (secondary N) is 1. The summed E-state index contributed by atoms with van der Waals surface area (Å²) in [6, 6.07) is 11.9. The quantitative estimate of drug-likeness (QED) is 0.773. The molecule has 2 aromatic carbocycles. The lowest BCUT2D eigenvalue weighted by atomic mass is 10.1. The second-order valence-corrected chi connectivity index (χ2v) is 5.77. The van der Waals surface area contributed by atoms with Gasteiger partial charge in [0.15, 0.2) is 0 Å². The second kappa shape index (κ2) is 8.55. The van der Waals surface area contributed by atoms with Crippen LogP contribution in [0, 0.1) is 13.8 Å². The smallest absolute Gasteiger partial charge is 0.261 e. The van der Waals surface area contributed by atoms with Crippen LogP contribution in [0.2, 0.25) is 0 Å². The number of hydrogen-bond donors (Lipinski definition) is 1. The van der Waals surface area contributed by atoms with Crippen molar-refractivity contribution in [2.75, 3.05) is 19.0 Å². The summed E-state index contributed by atoms with van der Waals surface area (Å²) < 4.78 is 16.7. The van der Waals surface area contributed by atoms with Crippen molar-refractivity contribution in [1.82, 2.24) is 0 Å². The first kappa shape index (κ1) is 18.1. The summed E-state index contributed by atoms with van der Waals surface area (Å²) in [5, 5.41) is 3.36. The van der Waals surface area contributed by atoms with E-state index in [0.29, 0.717) is 13.2 Å². The molecule has 4 nitrogen and oxygen atoms in total. The third kappa shape index (κ3) is 4.61. The Kier molecular flexibility index (Phi) is 6.44. The largest absolute Gasteiger partial charge is 0.492 e. The minimum atomic E-state index is 0.287. The number of aryl methyl sites for hydroxylation is 2. The maximum atomic E-state index is 5.99. The van der Waals surface area contributed by atoms with Gasteiger partial charge in [-0.3, -0.25) is 0 Å². The summed E-state index contributed by atoms with van der Waals surface area (Å²) in [4.78, 5) is 0. The molecule has 5 heteroatoms. The number of thiocarbonyl (C=S) groups is 1. The lowest BCUT2D eigenvalue weighted by Crippen LogP contribution is -2.14. The first-order valence-corrected chi connectivity index (χ1v) is 8.25. The SMILES string of the molecule is CCOc1cccc(COc2ccc(C)cc2C)c1NC(=S)OC.